The van der Waals surface area contributed by atoms with Crippen LogP contribution >= 0.6 is 11.6 Å². The van der Waals surface area contributed by atoms with Crippen LogP contribution in [0.1, 0.15) is 48.1 Å². The summed E-state index contributed by atoms with van der Waals surface area (Å²) in [5, 5.41) is 8.37. The van der Waals surface area contributed by atoms with Crippen molar-refractivity contribution < 1.29 is 14.0 Å². The first-order valence-electron chi connectivity index (χ1n) is 11.7. The molecule has 0 bridgehead atoms. The van der Waals surface area contributed by atoms with E-state index in [0.29, 0.717) is 16.9 Å². The normalized spacial score (nSPS) is 14.2. The van der Waals surface area contributed by atoms with Crippen molar-refractivity contribution in [1.82, 2.24) is 5.32 Å². The maximum Gasteiger partial charge on any atom is 0.323 e. The maximum absolute atomic E-state index is 13.4. The van der Waals surface area contributed by atoms with Crippen molar-refractivity contribution >= 4 is 40.6 Å². The fraction of sp³-hybridized carbons (Fsp3) is 0.259. The summed E-state index contributed by atoms with van der Waals surface area (Å²) in [5.74, 6) is -0.775. The molecule has 3 N–H and O–H groups in total. The minimum Gasteiger partial charge on any atom is -0.371 e. The number of halogens is 2. The molecule has 0 saturated carbocycles. The van der Waals surface area contributed by atoms with E-state index in [2.05, 4.69) is 20.9 Å². The molecule has 3 aromatic rings. The number of urea groups is 1. The topological polar surface area (TPSA) is 73.5 Å². The predicted molar refractivity (Wildman–Crippen MR) is 139 cm³/mol. The van der Waals surface area contributed by atoms with E-state index in [1.165, 1.54) is 24.6 Å². The molecule has 4 rings (SSSR count). The molecule has 8 heteroatoms. The number of nitrogens with one attached hydrogen (secondary N) is 3. The Morgan fingerprint density at radius 3 is 2.26 bits per heavy atom. The van der Waals surface area contributed by atoms with Gasteiger partial charge in [0, 0.05) is 30.2 Å². The van der Waals surface area contributed by atoms with Crippen LogP contribution in [-0.2, 0) is 0 Å². The number of hydrogen-bond acceptors (Lipinski definition) is 3. The van der Waals surface area contributed by atoms with Crippen LogP contribution in [-0.4, -0.2) is 25.0 Å². The molecule has 35 heavy (non-hydrogen) atoms. The lowest BCUT2D eigenvalue weighted by Crippen LogP contribution is -2.33. The van der Waals surface area contributed by atoms with E-state index in [4.69, 9.17) is 11.6 Å². The highest BCUT2D eigenvalue weighted by Crippen LogP contribution is 2.28. The lowest BCUT2D eigenvalue weighted by atomic mass is 10.0. The molecule has 0 aromatic heterocycles. The summed E-state index contributed by atoms with van der Waals surface area (Å²) >= 11 is 5.79. The van der Waals surface area contributed by atoms with Crippen LogP contribution in [0.15, 0.2) is 66.7 Å². The number of carbonyl (C=O) groups is 2. The van der Waals surface area contributed by atoms with Crippen LogP contribution < -0.4 is 20.9 Å². The highest BCUT2D eigenvalue weighted by atomic mass is 35.5. The number of benzene rings is 3. The molecule has 3 amide bonds. The van der Waals surface area contributed by atoms with E-state index in [0.717, 1.165) is 37.2 Å². The van der Waals surface area contributed by atoms with Gasteiger partial charge < -0.3 is 20.9 Å². The van der Waals surface area contributed by atoms with Gasteiger partial charge in [-0.15, -0.1) is 0 Å². The molecule has 0 aliphatic carbocycles. The second-order valence-electron chi connectivity index (χ2n) is 8.59. The average Bonchev–Trinajstić information content (AvgIpc) is 2.87. The third kappa shape index (κ3) is 6.31. The fourth-order valence-electron chi connectivity index (χ4n) is 4.17. The number of anilines is 3. The van der Waals surface area contributed by atoms with Gasteiger partial charge in [0.1, 0.15) is 5.82 Å². The average molecular weight is 495 g/mol. The summed E-state index contributed by atoms with van der Waals surface area (Å²) < 4.78 is 13.4. The van der Waals surface area contributed by atoms with Gasteiger partial charge >= 0.3 is 6.03 Å². The molecule has 0 spiro atoms. The fourth-order valence-corrected chi connectivity index (χ4v) is 4.35. The Morgan fingerprint density at radius 2 is 1.57 bits per heavy atom. The van der Waals surface area contributed by atoms with Gasteiger partial charge in [-0.25, -0.2) is 9.18 Å². The summed E-state index contributed by atoms with van der Waals surface area (Å²) in [5.41, 5.74) is 3.17. The van der Waals surface area contributed by atoms with Crippen molar-refractivity contribution in [2.75, 3.05) is 28.6 Å². The molecule has 1 aliphatic heterocycles. The number of rotatable bonds is 6. The van der Waals surface area contributed by atoms with Crippen LogP contribution in [0.3, 0.4) is 0 Å². The molecular formula is C27H28ClFN4O2. The zero-order valence-electron chi connectivity index (χ0n) is 19.5. The third-order valence-corrected chi connectivity index (χ3v) is 6.31. The van der Waals surface area contributed by atoms with Gasteiger partial charge in [-0.05, 0) is 68.1 Å². The Labute approximate surface area is 209 Å². The summed E-state index contributed by atoms with van der Waals surface area (Å²) in [6.45, 7) is 3.71. The van der Waals surface area contributed by atoms with Crippen molar-refractivity contribution in [3.8, 4) is 0 Å². The number of carbonyl (C=O) groups excluding carboxylic acids is 2. The minimum absolute atomic E-state index is 0.0832. The highest BCUT2D eigenvalue weighted by molar-refractivity contribution is 6.31. The van der Waals surface area contributed by atoms with Gasteiger partial charge in [0.05, 0.1) is 16.6 Å². The number of amides is 3. The summed E-state index contributed by atoms with van der Waals surface area (Å²) in [6.07, 6.45) is 3.32. The summed E-state index contributed by atoms with van der Waals surface area (Å²) in [7, 11) is 0. The second-order valence-corrected chi connectivity index (χ2v) is 9.00. The third-order valence-electron chi connectivity index (χ3n) is 6.02. The van der Waals surface area contributed by atoms with E-state index >= 15 is 0 Å². The van der Waals surface area contributed by atoms with Crippen LogP contribution in [0, 0.1) is 5.82 Å². The first kappa shape index (κ1) is 24.5. The van der Waals surface area contributed by atoms with Crippen molar-refractivity contribution in [3.05, 3.63) is 88.7 Å². The zero-order chi connectivity index (χ0) is 24.8. The molecule has 0 radical (unpaired) electrons. The molecule has 1 heterocycles. The van der Waals surface area contributed by atoms with Crippen LogP contribution in [0.5, 0.6) is 0 Å². The van der Waals surface area contributed by atoms with Crippen LogP contribution in [0.2, 0.25) is 5.02 Å². The predicted octanol–water partition coefficient (Wildman–Crippen LogP) is 6.60. The van der Waals surface area contributed by atoms with E-state index in [1.54, 1.807) is 12.1 Å². The Morgan fingerprint density at radius 1 is 0.914 bits per heavy atom. The quantitative estimate of drug-likeness (QED) is 0.361. The van der Waals surface area contributed by atoms with Crippen molar-refractivity contribution in [1.29, 1.82) is 0 Å². The zero-order valence-corrected chi connectivity index (χ0v) is 20.2. The van der Waals surface area contributed by atoms with Gasteiger partial charge in [0.2, 0.25) is 0 Å². The monoisotopic (exact) mass is 494 g/mol. The second kappa shape index (κ2) is 11.2. The summed E-state index contributed by atoms with van der Waals surface area (Å²) in [4.78, 5) is 28.1. The molecular weight excluding hydrogens is 467 g/mol. The van der Waals surface area contributed by atoms with Gasteiger partial charge in [-0.1, -0.05) is 41.9 Å². The number of hydrogen-bond donors (Lipinski definition) is 3. The Kier molecular flexibility index (Phi) is 7.87. The Balaban J connectivity index is 1.54. The van der Waals surface area contributed by atoms with E-state index < -0.39 is 11.8 Å². The SMILES string of the molecule is C[C@H](NC(=O)c1cc(NC(=O)Nc2ccc(F)c(Cl)c2)ccc1N1CCCCC1)c1ccccc1. The number of nitrogens with zero attached hydrogens (tertiary/aromatic N) is 1. The molecule has 1 aliphatic rings. The largest absolute Gasteiger partial charge is 0.371 e. The lowest BCUT2D eigenvalue weighted by Gasteiger charge is -2.31. The molecule has 0 unspecified atom stereocenters. The van der Waals surface area contributed by atoms with Gasteiger partial charge in [-0.3, -0.25) is 4.79 Å². The van der Waals surface area contributed by atoms with Crippen molar-refractivity contribution in [2.45, 2.75) is 32.2 Å². The van der Waals surface area contributed by atoms with E-state index in [1.807, 2.05) is 43.3 Å². The molecule has 1 fully saturated rings. The van der Waals surface area contributed by atoms with Crippen molar-refractivity contribution in [3.63, 3.8) is 0 Å². The first-order chi connectivity index (χ1) is 16.9. The molecule has 3 aromatic carbocycles. The summed E-state index contributed by atoms with van der Waals surface area (Å²) in [6, 6.07) is 18.3. The van der Waals surface area contributed by atoms with Crippen molar-refractivity contribution in [2.24, 2.45) is 0 Å². The van der Waals surface area contributed by atoms with E-state index in [-0.39, 0.29) is 17.0 Å². The maximum atomic E-state index is 13.4. The Bertz CT molecular complexity index is 1200. The standard InChI is InChI=1S/C27H28ClFN4O2/c1-18(19-8-4-2-5-9-19)30-26(34)22-16-20(11-13-25(22)33-14-6-3-7-15-33)31-27(35)32-21-10-12-24(29)23(28)17-21/h2,4-5,8-13,16-18H,3,6-7,14-15H2,1H3,(H,30,34)(H2,31,32,35)/t18-/m0/s1. The smallest absolute Gasteiger partial charge is 0.323 e. The van der Waals surface area contributed by atoms with Crippen LogP contribution in [0.25, 0.3) is 0 Å². The number of piperidine rings is 1. The highest BCUT2D eigenvalue weighted by Gasteiger charge is 2.21. The molecule has 1 atom stereocenters. The molecule has 1 saturated heterocycles. The molecule has 182 valence electrons. The van der Waals surface area contributed by atoms with Crippen LogP contribution in [0.4, 0.5) is 26.2 Å². The van der Waals surface area contributed by atoms with Gasteiger partial charge in [0.15, 0.2) is 0 Å². The van der Waals surface area contributed by atoms with E-state index in [9.17, 15) is 14.0 Å². The van der Waals surface area contributed by atoms with Gasteiger partial charge in [0.25, 0.3) is 5.91 Å². The minimum atomic E-state index is -0.564. The van der Waals surface area contributed by atoms with Gasteiger partial charge in [-0.2, -0.15) is 0 Å². The lowest BCUT2D eigenvalue weighted by molar-refractivity contribution is 0.0940. The first-order valence-corrected chi connectivity index (χ1v) is 12.1. The Hall–Kier alpha value is -3.58. The molecule has 6 nitrogen and oxygen atoms in total.